The highest BCUT2D eigenvalue weighted by Gasteiger charge is 2.39. The van der Waals surface area contributed by atoms with E-state index >= 15 is 0 Å². The number of benzene rings is 1. The molecule has 168 valence electrons. The van der Waals surface area contributed by atoms with Crippen LogP contribution in [0.1, 0.15) is 40.5 Å². The highest BCUT2D eigenvalue weighted by molar-refractivity contribution is 5.92. The number of nitrogens with one attached hydrogen (secondary N) is 3. The zero-order chi connectivity index (χ0) is 23.0. The Balaban J connectivity index is 1.85. The normalized spacial score (nSPS) is 20.8. The molecular weight excluding hydrogens is 390 g/mol. The second-order valence-corrected chi connectivity index (χ2v) is 9.70. The summed E-state index contributed by atoms with van der Waals surface area (Å²) in [6.07, 6.45) is 8.85. The van der Waals surface area contributed by atoms with Crippen molar-refractivity contribution < 1.29 is 9.84 Å². The number of rotatable bonds is 4. The van der Waals surface area contributed by atoms with Crippen LogP contribution in [-0.2, 0) is 4.74 Å². The highest BCUT2D eigenvalue weighted by atomic mass is 16.5. The summed E-state index contributed by atoms with van der Waals surface area (Å²) < 4.78 is 5.35. The largest absolute Gasteiger partial charge is 0.507 e. The van der Waals surface area contributed by atoms with Crippen LogP contribution in [-0.4, -0.2) is 47.1 Å². The van der Waals surface area contributed by atoms with Crippen LogP contribution in [0.5, 0.6) is 5.75 Å². The van der Waals surface area contributed by atoms with Gasteiger partial charge in [0.15, 0.2) is 0 Å². The molecular formula is C24H35N5O2. The monoisotopic (exact) mass is 425 g/mol. The van der Waals surface area contributed by atoms with Gasteiger partial charge in [0.2, 0.25) is 0 Å². The van der Waals surface area contributed by atoms with Crippen molar-refractivity contribution in [1.82, 2.24) is 10.2 Å². The molecule has 31 heavy (non-hydrogen) atoms. The number of phenolic OH excluding ortho intramolecular Hbond substituents is 1. The average Bonchev–Trinajstić information content (AvgIpc) is 2.67. The number of nitrogens with zero attached hydrogens (tertiary/aromatic N) is 1. The second kappa shape index (κ2) is 8.30. The predicted molar refractivity (Wildman–Crippen MR) is 127 cm³/mol. The lowest BCUT2D eigenvalue weighted by atomic mass is 9.79. The summed E-state index contributed by atoms with van der Waals surface area (Å²) in [5.74, 6) is 1.12. The highest BCUT2D eigenvalue weighted by Crippen LogP contribution is 2.31. The van der Waals surface area contributed by atoms with Gasteiger partial charge in [-0.15, -0.1) is 0 Å². The molecule has 2 aliphatic rings. The van der Waals surface area contributed by atoms with Crippen LogP contribution >= 0.6 is 0 Å². The van der Waals surface area contributed by atoms with Gasteiger partial charge in [0.05, 0.1) is 7.11 Å². The van der Waals surface area contributed by atoms with E-state index in [4.69, 9.17) is 15.9 Å². The zero-order valence-electron chi connectivity index (χ0n) is 19.3. The number of likely N-dealkylation sites (N-methyl/N-ethyl adjacent to an activating group) is 1. The molecule has 0 aromatic heterocycles. The van der Waals surface area contributed by atoms with Gasteiger partial charge in [-0.2, -0.15) is 0 Å². The maximum atomic E-state index is 10.5. The third-order valence-electron chi connectivity index (χ3n) is 5.92. The van der Waals surface area contributed by atoms with Crippen LogP contribution in [0.15, 0.2) is 36.6 Å². The summed E-state index contributed by atoms with van der Waals surface area (Å²) in [7, 11) is 3.55. The molecule has 1 saturated heterocycles. The van der Waals surface area contributed by atoms with Gasteiger partial charge in [-0.05, 0) is 70.9 Å². The Morgan fingerprint density at radius 2 is 1.87 bits per heavy atom. The third-order valence-corrected chi connectivity index (χ3v) is 5.92. The fourth-order valence-corrected chi connectivity index (χ4v) is 4.73. The molecule has 2 aliphatic heterocycles. The second-order valence-electron chi connectivity index (χ2n) is 9.70. The van der Waals surface area contributed by atoms with Crippen LogP contribution in [0.25, 0.3) is 11.5 Å². The van der Waals surface area contributed by atoms with E-state index < -0.39 is 0 Å². The molecule has 0 bridgehead atoms. The molecule has 0 amide bonds. The van der Waals surface area contributed by atoms with Crippen molar-refractivity contribution in [3.05, 3.63) is 47.0 Å². The van der Waals surface area contributed by atoms with E-state index in [1.165, 1.54) is 0 Å². The van der Waals surface area contributed by atoms with Crippen molar-refractivity contribution in [1.29, 1.82) is 5.41 Å². The molecule has 2 heterocycles. The van der Waals surface area contributed by atoms with Crippen LogP contribution in [0.4, 0.5) is 5.69 Å². The summed E-state index contributed by atoms with van der Waals surface area (Å²) in [6.45, 7) is 8.81. The molecule has 0 saturated carbocycles. The number of hydrogen-bond acceptors (Lipinski definition) is 6. The van der Waals surface area contributed by atoms with Crippen molar-refractivity contribution in [2.24, 2.45) is 5.73 Å². The summed E-state index contributed by atoms with van der Waals surface area (Å²) in [4.78, 5) is 2.01. The van der Waals surface area contributed by atoms with E-state index in [9.17, 15) is 5.11 Å². The van der Waals surface area contributed by atoms with E-state index in [2.05, 4.69) is 38.3 Å². The number of amidine groups is 1. The summed E-state index contributed by atoms with van der Waals surface area (Å²) in [6, 6.07) is 3.68. The Labute approximate surface area is 184 Å². The van der Waals surface area contributed by atoms with Crippen LogP contribution < -0.4 is 26.8 Å². The summed E-state index contributed by atoms with van der Waals surface area (Å²) >= 11 is 0. The fourth-order valence-electron chi connectivity index (χ4n) is 4.73. The Kier molecular flexibility index (Phi) is 6.09. The summed E-state index contributed by atoms with van der Waals surface area (Å²) in [5.41, 5.74) is 7.47. The van der Waals surface area contributed by atoms with Gasteiger partial charge in [0, 0.05) is 52.2 Å². The van der Waals surface area contributed by atoms with Crippen molar-refractivity contribution >= 4 is 23.0 Å². The van der Waals surface area contributed by atoms with E-state index in [1.54, 1.807) is 43.7 Å². The number of methoxy groups -OCH3 is 1. The Morgan fingerprint density at radius 1 is 1.23 bits per heavy atom. The molecule has 7 nitrogen and oxygen atoms in total. The molecule has 1 fully saturated rings. The third kappa shape index (κ3) is 5.05. The maximum absolute atomic E-state index is 10.5. The molecule has 0 spiro atoms. The van der Waals surface area contributed by atoms with Gasteiger partial charge in [-0.25, -0.2) is 0 Å². The topological polar surface area (TPSA) is 107 Å². The molecule has 7 heteroatoms. The number of anilines is 1. The number of hydrogen-bond donors (Lipinski definition) is 5. The molecule has 1 aromatic carbocycles. The number of phenols is 1. The Hall–Kier alpha value is -2.93. The van der Waals surface area contributed by atoms with Crippen LogP contribution in [0, 0.1) is 5.41 Å². The first-order chi connectivity index (χ1) is 14.4. The lowest BCUT2D eigenvalue weighted by molar-refractivity contribution is 0.114. The van der Waals surface area contributed by atoms with Crippen molar-refractivity contribution in [3.63, 3.8) is 0 Å². The van der Waals surface area contributed by atoms with Gasteiger partial charge >= 0.3 is 0 Å². The quantitative estimate of drug-likeness (QED) is 0.287. The lowest BCUT2D eigenvalue weighted by Gasteiger charge is -2.49. The Morgan fingerprint density at radius 3 is 2.48 bits per heavy atom. The fraction of sp³-hybridized carbons (Fsp3) is 0.458. The van der Waals surface area contributed by atoms with Gasteiger partial charge in [0.25, 0.3) is 0 Å². The molecule has 0 unspecified atom stereocenters. The number of piperidine rings is 1. The first kappa shape index (κ1) is 22.7. The standard InChI is InChI=1S/C24H35N5O2/c1-23(2)13-15(14-24(3,4)28-23)29(5)22(26)8-7-18(25)16-11-19-17(12-20(16)30)21(31-6)9-10-27-19/h7-12,15,26-28,30H,13-14,25H2,1-6H3. The van der Waals surface area contributed by atoms with Gasteiger partial charge in [0.1, 0.15) is 17.3 Å². The van der Waals surface area contributed by atoms with E-state index in [1.807, 2.05) is 11.9 Å². The lowest BCUT2D eigenvalue weighted by Crippen LogP contribution is -2.62. The number of ether oxygens (including phenoxy) is 1. The molecule has 3 rings (SSSR count). The van der Waals surface area contributed by atoms with Crippen molar-refractivity contribution in [2.75, 3.05) is 19.5 Å². The molecule has 1 aromatic rings. The maximum Gasteiger partial charge on any atom is 0.129 e. The number of fused-ring (bicyclic) bond motifs is 1. The predicted octanol–water partition coefficient (Wildman–Crippen LogP) is 1.93. The Bertz CT molecular complexity index is 1040. The SMILES string of the molecule is COC1=c2cc(O)c(=C(N)C=CC(=N)N(C)C3CC(C)(C)NC(C)(C)C3)cc2NC=C1. The van der Waals surface area contributed by atoms with E-state index in [-0.39, 0.29) is 22.9 Å². The zero-order valence-corrected chi connectivity index (χ0v) is 19.3. The minimum absolute atomic E-state index is 0.00423. The number of aromatic hydroxyl groups is 1. The average molecular weight is 426 g/mol. The molecule has 6 N–H and O–H groups in total. The van der Waals surface area contributed by atoms with Crippen LogP contribution in [0.2, 0.25) is 0 Å². The van der Waals surface area contributed by atoms with E-state index in [0.29, 0.717) is 22.5 Å². The summed E-state index contributed by atoms with van der Waals surface area (Å²) in [5, 5.41) is 27.2. The first-order valence-electron chi connectivity index (χ1n) is 10.6. The van der Waals surface area contributed by atoms with Crippen molar-refractivity contribution in [2.45, 2.75) is 57.7 Å². The molecule has 0 atom stereocenters. The van der Waals surface area contributed by atoms with Gasteiger partial charge in [-0.3, -0.25) is 5.41 Å². The van der Waals surface area contributed by atoms with Gasteiger partial charge < -0.3 is 31.1 Å². The minimum atomic E-state index is 0.00423. The number of nitrogens with two attached hydrogens (primary N) is 1. The van der Waals surface area contributed by atoms with Gasteiger partial charge in [-0.1, -0.05) is 0 Å². The molecule has 0 aliphatic carbocycles. The van der Waals surface area contributed by atoms with Crippen LogP contribution in [0.3, 0.4) is 0 Å². The first-order valence-corrected chi connectivity index (χ1v) is 10.6. The minimum Gasteiger partial charge on any atom is -0.507 e. The molecule has 0 radical (unpaired) electrons. The van der Waals surface area contributed by atoms with E-state index in [0.717, 1.165) is 23.7 Å². The smallest absolute Gasteiger partial charge is 0.129 e. The van der Waals surface area contributed by atoms with Crippen molar-refractivity contribution in [3.8, 4) is 5.75 Å².